The third-order valence-electron chi connectivity index (χ3n) is 2.31. The molecule has 2 rings (SSSR count). The number of nitrogens with one attached hydrogen (secondary N) is 1. The molecule has 0 radical (unpaired) electrons. The molecular formula is C13H12FN3. The summed E-state index contributed by atoms with van der Waals surface area (Å²) in [5, 5.41) is 7.59. The predicted octanol–water partition coefficient (Wildman–Crippen LogP) is 2.32. The van der Waals surface area contributed by atoms with E-state index in [-0.39, 0.29) is 11.3 Å². The molecule has 3 nitrogen and oxygen atoms in total. The summed E-state index contributed by atoms with van der Waals surface area (Å²) in [5.41, 5.74) is 7.43. The van der Waals surface area contributed by atoms with E-state index in [1.807, 2.05) is 12.1 Å². The van der Waals surface area contributed by atoms with Gasteiger partial charge in [-0.1, -0.05) is 12.1 Å². The standard InChI is InChI=1S/C13H12FN3/c14-11-3-6-13(16)17(9-11)8-7-10-1-4-12(15)5-2-10/h1-9,16H,15H2/b8-7+,16-13?. The quantitative estimate of drug-likeness (QED) is 0.763. The lowest BCUT2D eigenvalue weighted by Crippen LogP contribution is -2.13. The molecule has 86 valence electrons. The summed E-state index contributed by atoms with van der Waals surface area (Å²) in [6, 6.07) is 9.96. The van der Waals surface area contributed by atoms with Gasteiger partial charge in [0.25, 0.3) is 0 Å². The van der Waals surface area contributed by atoms with E-state index in [1.54, 1.807) is 24.4 Å². The van der Waals surface area contributed by atoms with Crippen molar-refractivity contribution in [1.29, 1.82) is 5.41 Å². The van der Waals surface area contributed by atoms with Crippen LogP contribution in [0.25, 0.3) is 12.3 Å². The summed E-state index contributed by atoms with van der Waals surface area (Å²) in [4.78, 5) is 0. The van der Waals surface area contributed by atoms with Crippen molar-refractivity contribution in [3.8, 4) is 0 Å². The van der Waals surface area contributed by atoms with Crippen LogP contribution in [-0.4, -0.2) is 4.57 Å². The number of benzene rings is 1. The SMILES string of the molecule is N=c1ccc(F)cn1/C=C/c1ccc(N)cc1. The number of rotatable bonds is 2. The topological polar surface area (TPSA) is 54.8 Å². The zero-order chi connectivity index (χ0) is 12.3. The molecule has 0 spiro atoms. The molecule has 0 aliphatic carbocycles. The van der Waals surface area contributed by atoms with E-state index in [1.165, 1.54) is 22.9 Å². The van der Waals surface area contributed by atoms with Crippen LogP contribution in [-0.2, 0) is 0 Å². The Balaban J connectivity index is 2.28. The number of anilines is 1. The fourth-order valence-electron chi connectivity index (χ4n) is 1.39. The molecule has 3 N–H and O–H groups in total. The van der Waals surface area contributed by atoms with Gasteiger partial charge in [-0.05, 0) is 35.9 Å². The molecule has 0 saturated carbocycles. The highest BCUT2D eigenvalue weighted by Crippen LogP contribution is 2.07. The highest BCUT2D eigenvalue weighted by molar-refractivity contribution is 5.61. The summed E-state index contributed by atoms with van der Waals surface area (Å²) in [5.74, 6) is -0.372. The van der Waals surface area contributed by atoms with Gasteiger partial charge in [0.05, 0.1) is 0 Å². The number of hydrogen-bond acceptors (Lipinski definition) is 2. The van der Waals surface area contributed by atoms with Crippen molar-refractivity contribution < 1.29 is 4.39 Å². The van der Waals surface area contributed by atoms with E-state index in [0.717, 1.165) is 5.56 Å². The Kier molecular flexibility index (Phi) is 3.05. The Morgan fingerprint density at radius 3 is 2.53 bits per heavy atom. The maximum Gasteiger partial charge on any atom is 0.139 e. The van der Waals surface area contributed by atoms with Crippen LogP contribution in [0.2, 0.25) is 0 Å². The first-order valence-electron chi connectivity index (χ1n) is 5.11. The van der Waals surface area contributed by atoms with Crippen LogP contribution in [0.15, 0.2) is 42.6 Å². The lowest BCUT2D eigenvalue weighted by Gasteiger charge is -2.00. The third-order valence-corrected chi connectivity index (χ3v) is 2.31. The average molecular weight is 229 g/mol. The highest BCUT2D eigenvalue weighted by Gasteiger charge is 1.92. The van der Waals surface area contributed by atoms with Crippen LogP contribution < -0.4 is 11.2 Å². The van der Waals surface area contributed by atoms with Crippen LogP contribution in [0.3, 0.4) is 0 Å². The molecule has 0 bridgehead atoms. The Bertz CT molecular complexity index is 597. The summed E-state index contributed by atoms with van der Waals surface area (Å²) < 4.78 is 14.4. The van der Waals surface area contributed by atoms with E-state index >= 15 is 0 Å². The van der Waals surface area contributed by atoms with Crippen molar-refractivity contribution in [2.45, 2.75) is 0 Å². The smallest absolute Gasteiger partial charge is 0.139 e. The Labute approximate surface area is 98.1 Å². The monoisotopic (exact) mass is 229 g/mol. The maximum atomic E-state index is 13.0. The minimum atomic E-state index is -0.372. The number of pyridine rings is 1. The summed E-state index contributed by atoms with van der Waals surface area (Å²) in [7, 11) is 0. The van der Waals surface area contributed by atoms with Crippen molar-refractivity contribution in [3.05, 3.63) is 59.5 Å². The number of hydrogen-bond donors (Lipinski definition) is 2. The zero-order valence-corrected chi connectivity index (χ0v) is 9.10. The first-order chi connectivity index (χ1) is 8.15. The van der Waals surface area contributed by atoms with Crippen LogP contribution in [0, 0.1) is 11.2 Å². The second-order valence-corrected chi connectivity index (χ2v) is 3.62. The Morgan fingerprint density at radius 2 is 1.82 bits per heavy atom. The molecule has 2 aromatic rings. The fourth-order valence-corrected chi connectivity index (χ4v) is 1.39. The number of nitrogens with two attached hydrogens (primary N) is 1. The summed E-state index contributed by atoms with van der Waals surface area (Å²) >= 11 is 0. The second kappa shape index (κ2) is 4.65. The molecule has 0 amide bonds. The third kappa shape index (κ3) is 2.81. The fraction of sp³-hybridized carbons (Fsp3) is 0. The van der Waals surface area contributed by atoms with Gasteiger partial charge in [0.2, 0.25) is 0 Å². The molecule has 0 aliphatic rings. The first-order valence-corrected chi connectivity index (χ1v) is 5.11. The van der Waals surface area contributed by atoms with Crippen molar-refractivity contribution >= 4 is 18.0 Å². The van der Waals surface area contributed by atoms with Gasteiger partial charge < -0.3 is 10.3 Å². The van der Waals surface area contributed by atoms with Gasteiger partial charge in [-0.15, -0.1) is 0 Å². The number of nitrogens with zero attached hydrogens (tertiary/aromatic N) is 1. The van der Waals surface area contributed by atoms with Crippen LogP contribution in [0.1, 0.15) is 5.56 Å². The first kappa shape index (κ1) is 11.1. The van der Waals surface area contributed by atoms with Gasteiger partial charge in [0.15, 0.2) is 0 Å². The molecule has 1 aromatic heterocycles. The molecule has 0 aliphatic heterocycles. The van der Waals surface area contributed by atoms with E-state index < -0.39 is 0 Å². The van der Waals surface area contributed by atoms with Gasteiger partial charge in [-0.3, -0.25) is 5.41 Å². The van der Waals surface area contributed by atoms with Gasteiger partial charge in [-0.2, -0.15) is 0 Å². The van der Waals surface area contributed by atoms with E-state index in [2.05, 4.69) is 0 Å². The largest absolute Gasteiger partial charge is 0.399 e. The molecule has 1 heterocycles. The molecule has 4 heteroatoms. The Hall–Kier alpha value is -2.36. The number of halogens is 1. The minimum Gasteiger partial charge on any atom is -0.399 e. The zero-order valence-electron chi connectivity index (χ0n) is 9.10. The average Bonchev–Trinajstić information content (AvgIpc) is 2.32. The molecule has 17 heavy (non-hydrogen) atoms. The molecule has 0 fully saturated rings. The Morgan fingerprint density at radius 1 is 1.12 bits per heavy atom. The van der Waals surface area contributed by atoms with Gasteiger partial charge in [0, 0.05) is 18.1 Å². The normalized spacial score (nSPS) is 10.9. The van der Waals surface area contributed by atoms with E-state index in [0.29, 0.717) is 5.69 Å². The van der Waals surface area contributed by atoms with Crippen molar-refractivity contribution in [2.75, 3.05) is 5.73 Å². The van der Waals surface area contributed by atoms with E-state index in [4.69, 9.17) is 11.1 Å². The predicted molar refractivity (Wildman–Crippen MR) is 66.3 cm³/mol. The van der Waals surface area contributed by atoms with Gasteiger partial charge in [-0.25, -0.2) is 4.39 Å². The number of nitrogen functional groups attached to an aromatic ring is 1. The maximum absolute atomic E-state index is 13.0. The van der Waals surface area contributed by atoms with Crippen molar-refractivity contribution in [1.82, 2.24) is 4.57 Å². The molecule has 0 atom stereocenters. The van der Waals surface area contributed by atoms with Crippen molar-refractivity contribution in [2.24, 2.45) is 0 Å². The lowest BCUT2D eigenvalue weighted by atomic mass is 10.2. The van der Waals surface area contributed by atoms with Gasteiger partial charge >= 0.3 is 0 Å². The van der Waals surface area contributed by atoms with Crippen molar-refractivity contribution in [3.63, 3.8) is 0 Å². The van der Waals surface area contributed by atoms with Crippen LogP contribution in [0.5, 0.6) is 0 Å². The molecule has 0 unspecified atom stereocenters. The summed E-state index contributed by atoms with van der Waals surface area (Å²) in [6.07, 6.45) is 4.68. The van der Waals surface area contributed by atoms with Gasteiger partial charge in [0.1, 0.15) is 11.3 Å². The molecule has 0 saturated heterocycles. The second-order valence-electron chi connectivity index (χ2n) is 3.62. The molecular weight excluding hydrogens is 217 g/mol. The van der Waals surface area contributed by atoms with E-state index in [9.17, 15) is 4.39 Å². The summed E-state index contributed by atoms with van der Waals surface area (Å²) in [6.45, 7) is 0. The number of aromatic nitrogens is 1. The van der Waals surface area contributed by atoms with Crippen LogP contribution in [0.4, 0.5) is 10.1 Å². The molecule has 1 aromatic carbocycles. The van der Waals surface area contributed by atoms with Crippen LogP contribution >= 0.6 is 0 Å². The highest BCUT2D eigenvalue weighted by atomic mass is 19.1. The lowest BCUT2D eigenvalue weighted by molar-refractivity contribution is 0.613. The minimum absolute atomic E-state index is 0.220.